The minimum absolute atomic E-state index is 0.156. The lowest BCUT2D eigenvalue weighted by Crippen LogP contribution is -2.01. The molecule has 4 heteroatoms. The van der Waals surface area contributed by atoms with Crippen molar-refractivity contribution >= 4 is 22.8 Å². The van der Waals surface area contributed by atoms with Crippen molar-refractivity contribution in [3.8, 4) is 11.5 Å². The second-order valence-electron chi connectivity index (χ2n) is 5.68. The van der Waals surface area contributed by atoms with E-state index in [0.717, 1.165) is 22.3 Å². The van der Waals surface area contributed by atoms with Crippen LogP contribution >= 0.6 is 0 Å². The van der Waals surface area contributed by atoms with Gasteiger partial charge < -0.3 is 13.9 Å². The lowest BCUT2D eigenvalue weighted by Gasteiger charge is -2.11. The third-order valence-electron chi connectivity index (χ3n) is 4.26. The molecule has 0 atom stereocenters. The van der Waals surface area contributed by atoms with Crippen molar-refractivity contribution in [3.05, 3.63) is 64.9 Å². The first kappa shape index (κ1) is 14.6. The van der Waals surface area contributed by atoms with Gasteiger partial charge in [0.2, 0.25) is 5.78 Å². The van der Waals surface area contributed by atoms with Crippen molar-refractivity contribution in [2.24, 2.45) is 0 Å². The molecule has 0 saturated carbocycles. The highest BCUT2D eigenvalue weighted by Gasteiger charge is 2.22. The number of aryl methyl sites for hydroxylation is 1. The van der Waals surface area contributed by atoms with Gasteiger partial charge in [-0.1, -0.05) is 12.1 Å². The second-order valence-corrected chi connectivity index (χ2v) is 5.68. The summed E-state index contributed by atoms with van der Waals surface area (Å²) in [5.74, 6) is 1.62. The highest BCUT2D eigenvalue weighted by molar-refractivity contribution is 6.11. The largest absolute Gasteiger partial charge is 0.497 e. The quantitative estimate of drug-likeness (QED) is 0.672. The van der Waals surface area contributed by atoms with E-state index >= 15 is 0 Å². The zero-order valence-corrected chi connectivity index (χ0v) is 13.5. The molecular weight excluding hydrogens is 304 g/mol. The summed E-state index contributed by atoms with van der Waals surface area (Å²) in [6.45, 7) is 2.45. The molecule has 24 heavy (non-hydrogen) atoms. The summed E-state index contributed by atoms with van der Waals surface area (Å²) >= 11 is 0. The van der Waals surface area contributed by atoms with Crippen LogP contribution in [0.5, 0.6) is 11.5 Å². The van der Waals surface area contributed by atoms with Gasteiger partial charge in [-0.2, -0.15) is 0 Å². The monoisotopic (exact) mass is 320 g/mol. The fourth-order valence-electron chi connectivity index (χ4n) is 2.99. The molecular formula is C20H16O4. The summed E-state index contributed by atoms with van der Waals surface area (Å²) in [6, 6.07) is 10.9. The van der Waals surface area contributed by atoms with E-state index in [9.17, 15) is 4.79 Å². The average Bonchev–Trinajstić information content (AvgIpc) is 2.98. The van der Waals surface area contributed by atoms with E-state index in [2.05, 4.69) is 0 Å². The lowest BCUT2D eigenvalue weighted by molar-refractivity contribution is 0.101. The molecule has 1 aromatic heterocycles. The van der Waals surface area contributed by atoms with Gasteiger partial charge in [0.1, 0.15) is 23.7 Å². The minimum Gasteiger partial charge on any atom is -0.497 e. The normalized spacial score (nSPS) is 12.8. The smallest absolute Gasteiger partial charge is 0.228 e. The van der Waals surface area contributed by atoms with Crippen molar-refractivity contribution in [3.63, 3.8) is 0 Å². The van der Waals surface area contributed by atoms with Crippen LogP contribution in [-0.2, 0) is 0 Å². The number of hydrogen-bond donors (Lipinski definition) is 0. The van der Waals surface area contributed by atoms with Crippen LogP contribution in [0.25, 0.3) is 17.0 Å². The molecule has 0 saturated heterocycles. The Labute approximate surface area is 139 Å². The molecule has 0 aliphatic carbocycles. The van der Waals surface area contributed by atoms with Crippen LogP contribution in [0.2, 0.25) is 0 Å². The van der Waals surface area contributed by atoms with Gasteiger partial charge in [0.25, 0.3) is 0 Å². The van der Waals surface area contributed by atoms with Crippen LogP contribution in [0.4, 0.5) is 0 Å². The molecule has 2 aromatic carbocycles. The van der Waals surface area contributed by atoms with Gasteiger partial charge in [-0.05, 0) is 43.3 Å². The van der Waals surface area contributed by atoms with Crippen molar-refractivity contribution < 1.29 is 18.7 Å². The third kappa shape index (κ3) is 2.19. The Morgan fingerprint density at radius 2 is 2.08 bits per heavy atom. The second kappa shape index (κ2) is 5.57. The van der Waals surface area contributed by atoms with E-state index in [1.54, 1.807) is 31.4 Å². The third-order valence-corrected chi connectivity index (χ3v) is 4.26. The van der Waals surface area contributed by atoms with Gasteiger partial charge in [0, 0.05) is 16.5 Å². The molecule has 120 valence electrons. The summed E-state index contributed by atoms with van der Waals surface area (Å²) in [6.07, 6.45) is 3.91. The van der Waals surface area contributed by atoms with Gasteiger partial charge in [-0.15, -0.1) is 0 Å². The lowest BCUT2D eigenvalue weighted by atomic mass is 10.0. The Balaban J connectivity index is 1.86. The molecule has 0 fully saturated rings. The van der Waals surface area contributed by atoms with Gasteiger partial charge in [-0.3, -0.25) is 4.79 Å². The zero-order chi connectivity index (χ0) is 16.7. The van der Waals surface area contributed by atoms with Crippen LogP contribution in [0.3, 0.4) is 0 Å². The molecule has 0 bridgehead atoms. The molecule has 2 heterocycles. The number of furan rings is 1. The topological polar surface area (TPSA) is 48.7 Å². The number of hydrogen-bond acceptors (Lipinski definition) is 4. The first-order valence-electron chi connectivity index (χ1n) is 7.73. The highest BCUT2D eigenvalue weighted by atomic mass is 16.5. The maximum Gasteiger partial charge on any atom is 0.228 e. The summed E-state index contributed by atoms with van der Waals surface area (Å²) < 4.78 is 16.8. The Morgan fingerprint density at radius 3 is 2.92 bits per heavy atom. The Hall–Kier alpha value is -3.01. The number of carbonyl (C=O) groups excluding carboxylic acids is 1. The van der Waals surface area contributed by atoms with Crippen LogP contribution in [-0.4, -0.2) is 19.5 Å². The molecule has 0 amide bonds. The highest BCUT2D eigenvalue weighted by Crippen LogP contribution is 2.36. The van der Waals surface area contributed by atoms with Gasteiger partial charge in [-0.25, -0.2) is 0 Å². The molecule has 1 aliphatic heterocycles. The van der Waals surface area contributed by atoms with Crippen molar-refractivity contribution in [1.82, 2.24) is 0 Å². The average molecular weight is 320 g/mol. The number of ether oxygens (including phenoxy) is 2. The number of rotatable bonds is 3. The van der Waals surface area contributed by atoms with E-state index in [4.69, 9.17) is 13.9 Å². The summed E-state index contributed by atoms with van der Waals surface area (Å²) in [7, 11) is 1.58. The number of ketones is 1. The number of methoxy groups -OCH3 is 1. The predicted octanol–water partition coefficient (Wildman–Crippen LogP) is 4.39. The molecule has 0 N–H and O–H groups in total. The Morgan fingerprint density at radius 1 is 1.21 bits per heavy atom. The first-order chi connectivity index (χ1) is 11.7. The van der Waals surface area contributed by atoms with Crippen molar-refractivity contribution in [1.29, 1.82) is 0 Å². The fraction of sp³-hybridized carbons (Fsp3) is 0.150. The van der Waals surface area contributed by atoms with Gasteiger partial charge in [0.05, 0.1) is 12.7 Å². The van der Waals surface area contributed by atoms with Crippen LogP contribution in [0.1, 0.15) is 27.2 Å². The molecule has 0 unspecified atom stereocenters. The Kier molecular flexibility index (Phi) is 3.38. The summed E-state index contributed by atoms with van der Waals surface area (Å²) in [4.78, 5) is 12.9. The van der Waals surface area contributed by atoms with Gasteiger partial charge in [0.15, 0.2) is 5.76 Å². The van der Waals surface area contributed by atoms with Crippen molar-refractivity contribution in [2.45, 2.75) is 6.92 Å². The predicted molar refractivity (Wildman–Crippen MR) is 91.9 cm³/mol. The zero-order valence-electron chi connectivity index (χ0n) is 13.5. The number of fused-ring (bicyclic) bond motifs is 3. The van der Waals surface area contributed by atoms with E-state index < -0.39 is 0 Å². The SMILES string of the molecule is COc1cccc(C(=O)c2oc3c4c(ccc3c2C)OCC=C4)c1. The van der Waals surface area contributed by atoms with E-state index in [0.29, 0.717) is 29.3 Å². The number of carbonyl (C=O) groups is 1. The number of benzene rings is 2. The van der Waals surface area contributed by atoms with E-state index in [1.807, 2.05) is 31.2 Å². The molecule has 4 rings (SSSR count). The molecule has 1 aliphatic rings. The van der Waals surface area contributed by atoms with Gasteiger partial charge >= 0.3 is 0 Å². The summed E-state index contributed by atoms with van der Waals surface area (Å²) in [5, 5.41) is 0.926. The molecule has 0 radical (unpaired) electrons. The van der Waals surface area contributed by atoms with E-state index in [1.165, 1.54) is 0 Å². The summed E-state index contributed by atoms with van der Waals surface area (Å²) in [5.41, 5.74) is 2.94. The minimum atomic E-state index is -0.156. The molecule has 3 aromatic rings. The molecule has 0 spiro atoms. The van der Waals surface area contributed by atoms with Crippen molar-refractivity contribution in [2.75, 3.05) is 13.7 Å². The maximum atomic E-state index is 12.9. The van der Waals surface area contributed by atoms with Crippen LogP contribution < -0.4 is 9.47 Å². The van der Waals surface area contributed by atoms with E-state index in [-0.39, 0.29) is 5.78 Å². The van der Waals surface area contributed by atoms with Crippen LogP contribution in [0, 0.1) is 6.92 Å². The standard InChI is InChI=1S/C20H16O4/c1-12-15-8-9-17-16(7-4-10-23-17)20(15)24-19(12)18(21)13-5-3-6-14(11-13)22-2/h3-9,11H,10H2,1-2H3. The Bertz CT molecular complexity index is 979. The van der Waals surface area contributed by atoms with Crippen LogP contribution in [0.15, 0.2) is 46.9 Å². The maximum absolute atomic E-state index is 12.9. The fourth-order valence-corrected chi connectivity index (χ4v) is 2.99. The molecule has 4 nitrogen and oxygen atoms in total. The first-order valence-corrected chi connectivity index (χ1v) is 7.73.